The van der Waals surface area contributed by atoms with Gasteiger partial charge in [0.25, 0.3) is 0 Å². The van der Waals surface area contributed by atoms with Crippen molar-refractivity contribution < 1.29 is 44.9 Å². The number of phenolic OH excluding ortho intramolecular Hbond substituents is 6. The van der Waals surface area contributed by atoms with E-state index in [0.29, 0.717) is 46.4 Å². The van der Waals surface area contributed by atoms with Crippen LogP contribution in [0.4, 0.5) is 0 Å². The van der Waals surface area contributed by atoms with Crippen LogP contribution in [0.2, 0.25) is 0 Å². The fourth-order valence-electron chi connectivity index (χ4n) is 6.69. The fourth-order valence-corrected chi connectivity index (χ4v) is 6.69. The van der Waals surface area contributed by atoms with Gasteiger partial charge in [-0.1, -0.05) is 35.9 Å². The fraction of sp³-hybridized carbons (Fsp3) is 0.256. The molecule has 0 saturated carbocycles. The zero-order valence-corrected chi connectivity index (χ0v) is 26.9. The van der Waals surface area contributed by atoms with Crippen LogP contribution in [0.15, 0.2) is 84.5 Å². The van der Waals surface area contributed by atoms with Gasteiger partial charge in [0.2, 0.25) is 0 Å². The molecule has 0 aromatic heterocycles. The highest BCUT2D eigenvalue weighted by molar-refractivity contribution is 6.04. The van der Waals surface area contributed by atoms with Gasteiger partial charge in [0.1, 0.15) is 63.8 Å². The van der Waals surface area contributed by atoms with Gasteiger partial charge in [-0.15, -0.1) is 0 Å². The number of Topliss-reactive ketones (excluding diaryl/α,β-unsaturated/α-hetero) is 1. The third kappa shape index (κ3) is 5.99. The average molecular weight is 651 g/mol. The molecule has 4 atom stereocenters. The zero-order valence-electron chi connectivity index (χ0n) is 26.9. The molecule has 48 heavy (non-hydrogen) atoms. The molecule has 0 amide bonds. The molecule has 6 N–H and O–H groups in total. The van der Waals surface area contributed by atoms with Crippen LogP contribution in [0.1, 0.15) is 89.9 Å². The number of hydrogen-bond donors (Lipinski definition) is 6. The number of fused-ring (bicyclic) bond motifs is 2. The molecule has 4 aromatic carbocycles. The zero-order chi connectivity index (χ0) is 34.4. The first-order valence-electron chi connectivity index (χ1n) is 15.7. The number of benzene rings is 4. The minimum atomic E-state index is -0.920. The van der Waals surface area contributed by atoms with Crippen molar-refractivity contribution in [3.8, 4) is 46.0 Å². The number of phenols is 6. The monoisotopic (exact) mass is 650 g/mol. The highest BCUT2D eigenvalue weighted by atomic mass is 16.5. The molecule has 0 saturated heterocycles. The molecule has 0 radical (unpaired) electrons. The van der Waals surface area contributed by atoms with Gasteiger partial charge in [-0.05, 0) is 87.1 Å². The SMILES string of the molecule is C=C(C)[C@H](CC=C(C)C)Cc1c2c(c(O)c3c1O[C@H](c1ccc(O)cc1)[C@H]3c1cc(O)cc(O)c1)C(=O)C[C@@H](c1ccc(O)cc1O)O2. The Kier molecular flexibility index (Phi) is 8.47. The summed E-state index contributed by atoms with van der Waals surface area (Å²) in [5, 5.41) is 63.6. The number of hydrogen-bond acceptors (Lipinski definition) is 9. The third-order valence-electron chi connectivity index (χ3n) is 9.10. The Labute approximate surface area is 278 Å². The van der Waals surface area contributed by atoms with Gasteiger partial charge >= 0.3 is 0 Å². The van der Waals surface area contributed by atoms with Crippen molar-refractivity contribution >= 4 is 5.78 Å². The molecule has 2 aliphatic rings. The second-order valence-corrected chi connectivity index (χ2v) is 12.9. The number of carbonyl (C=O) groups is 1. The van der Waals surface area contributed by atoms with Crippen molar-refractivity contribution in [1.29, 1.82) is 0 Å². The second-order valence-electron chi connectivity index (χ2n) is 12.9. The number of aromatic hydroxyl groups is 6. The first kappa shape index (κ1) is 32.4. The van der Waals surface area contributed by atoms with E-state index in [2.05, 4.69) is 12.7 Å². The second kappa shape index (κ2) is 12.6. The minimum absolute atomic E-state index is 0.0229. The average Bonchev–Trinajstić information content (AvgIpc) is 3.41. The summed E-state index contributed by atoms with van der Waals surface area (Å²) >= 11 is 0. The van der Waals surface area contributed by atoms with Crippen molar-refractivity contribution in [2.24, 2.45) is 5.92 Å². The largest absolute Gasteiger partial charge is 0.508 e. The molecule has 0 spiro atoms. The van der Waals surface area contributed by atoms with E-state index in [-0.39, 0.29) is 58.1 Å². The number of carbonyl (C=O) groups excluding carboxylic acids is 1. The molecule has 2 heterocycles. The van der Waals surface area contributed by atoms with Gasteiger partial charge in [-0.25, -0.2) is 0 Å². The van der Waals surface area contributed by atoms with E-state index < -0.39 is 23.9 Å². The van der Waals surface area contributed by atoms with Crippen LogP contribution >= 0.6 is 0 Å². The van der Waals surface area contributed by atoms with E-state index in [0.717, 1.165) is 11.1 Å². The van der Waals surface area contributed by atoms with Crippen LogP contribution in [0, 0.1) is 5.92 Å². The molecule has 0 fully saturated rings. The summed E-state index contributed by atoms with van der Waals surface area (Å²) in [6, 6.07) is 14.6. The van der Waals surface area contributed by atoms with Gasteiger partial charge in [-0.3, -0.25) is 4.79 Å². The normalized spacial score (nSPS) is 18.6. The topological polar surface area (TPSA) is 157 Å². The quantitative estimate of drug-likeness (QED) is 0.104. The molecule has 6 rings (SSSR count). The number of ketones is 1. The summed E-state index contributed by atoms with van der Waals surface area (Å²) in [4.78, 5) is 14.0. The maximum Gasteiger partial charge on any atom is 0.174 e. The lowest BCUT2D eigenvalue weighted by Crippen LogP contribution is -2.23. The molecule has 9 heteroatoms. The molecule has 0 aliphatic carbocycles. The van der Waals surface area contributed by atoms with Gasteiger partial charge in [0.15, 0.2) is 5.78 Å². The van der Waals surface area contributed by atoms with E-state index in [1.807, 2.05) is 20.8 Å². The maximum absolute atomic E-state index is 14.0. The Hall–Kier alpha value is -5.57. The number of ether oxygens (including phenoxy) is 2. The Balaban J connectivity index is 1.61. The molecule has 0 unspecified atom stereocenters. The maximum atomic E-state index is 14.0. The molecule has 4 aromatic rings. The Bertz CT molecular complexity index is 1930. The molecular weight excluding hydrogens is 612 g/mol. The summed E-state index contributed by atoms with van der Waals surface area (Å²) in [5.41, 5.74) is 4.20. The van der Waals surface area contributed by atoms with Crippen molar-refractivity contribution in [1.82, 2.24) is 0 Å². The first-order valence-corrected chi connectivity index (χ1v) is 15.7. The smallest absolute Gasteiger partial charge is 0.174 e. The Morgan fingerprint density at radius 3 is 2.12 bits per heavy atom. The van der Waals surface area contributed by atoms with Crippen LogP contribution in [0.3, 0.4) is 0 Å². The lowest BCUT2D eigenvalue weighted by Gasteiger charge is -2.31. The minimum Gasteiger partial charge on any atom is -0.508 e. The standard InChI is InChI=1S/C39H38O9/c1-19(2)5-6-22(20(3)4)15-29-38-34(31(45)18-32(47-38)28-12-11-25(41)17-30(28)44)36(46)35-33(23-13-26(42)16-27(43)14-23)37(48-39(29)35)21-7-9-24(40)10-8-21/h5,7-14,16-17,22,32-33,37,40-44,46H,3,6,15,18H2,1-2,4H3/t22-,32+,33+,37-/m1/s1. The van der Waals surface area contributed by atoms with Crippen LogP contribution in [0.25, 0.3) is 0 Å². The van der Waals surface area contributed by atoms with E-state index in [4.69, 9.17) is 9.47 Å². The van der Waals surface area contributed by atoms with Crippen molar-refractivity contribution in [2.75, 3.05) is 0 Å². The van der Waals surface area contributed by atoms with Gasteiger partial charge in [0, 0.05) is 28.8 Å². The van der Waals surface area contributed by atoms with Crippen molar-refractivity contribution in [3.63, 3.8) is 0 Å². The highest BCUT2D eigenvalue weighted by Gasteiger charge is 2.46. The first-order chi connectivity index (χ1) is 22.8. The summed E-state index contributed by atoms with van der Waals surface area (Å²) in [5.74, 6) is -1.96. The third-order valence-corrected chi connectivity index (χ3v) is 9.10. The van der Waals surface area contributed by atoms with Crippen LogP contribution in [-0.2, 0) is 6.42 Å². The van der Waals surface area contributed by atoms with Crippen LogP contribution in [-0.4, -0.2) is 36.4 Å². The van der Waals surface area contributed by atoms with E-state index in [9.17, 15) is 35.4 Å². The van der Waals surface area contributed by atoms with E-state index >= 15 is 0 Å². The molecule has 2 aliphatic heterocycles. The summed E-state index contributed by atoms with van der Waals surface area (Å²) in [6.07, 6.45) is 1.15. The lowest BCUT2D eigenvalue weighted by atomic mass is 9.80. The predicted octanol–water partition coefficient (Wildman–Crippen LogP) is 7.98. The number of rotatable bonds is 8. The van der Waals surface area contributed by atoms with Crippen molar-refractivity contribution in [3.05, 3.63) is 118 Å². The summed E-state index contributed by atoms with van der Waals surface area (Å²) in [7, 11) is 0. The van der Waals surface area contributed by atoms with E-state index in [1.54, 1.807) is 12.1 Å². The van der Waals surface area contributed by atoms with Crippen molar-refractivity contribution in [2.45, 2.75) is 58.2 Å². The van der Waals surface area contributed by atoms with Gasteiger partial charge < -0.3 is 40.1 Å². The predicted molar refractivity (Wildman–Crippen MR) is 179 cm³/mol. The van der Waals surface area contributed by atoms with Crippen LogP contribution < -0.4 is 9.47 Å². The lowest BCUT2D eigenvalue weighted by molar-refractivity contribution is 0.0838. The van der Waals surface area contributed by atoms with Crippen LogP contribution in [0.5, 0.6) is 46.0 Å². The Morgan fingerprint density at radius 1 is 0.833 bits per heavy atom. The molecule has 248 valence electrons. The molecule has 0 bridgehead atoms. The highest BCUT2D eigenvalue weighted by Crippen LogP contribution is 2.60. The molecule has 9 nitrogen and oxygen atoms in total. The summed E-state index contributed by atoms with van der Waals surface area (Å²) < 4.78 is 13.3. The van der Waals surface area contributed by atoms with Gasteiger partial charge in [0.05, 0.1) is 12.3 Å². The van der Waals surface area contributed by atoms with Gasteiger partial charge in [-0.2, -0.15) is 0 Å². The van der Waals surface area contributed by atoms with E-state index in [1.165, 1.54) is 48.5 Å². The summed E-state index contributed by atoms with van der Waals surface area (Å²) in [6.45, 7) is 10.2. The Morgan fingerprint density at radius 2 is 1.50 bits per heavy atom. The molecular formula is C39H38O9. The number of allylic oxidation sites excluding steroid dienone is 3.